The molecule has 2 aromatic carbocycles. The molecule has 0 unspecified atom stereocenters. The highest BCUT2D eigenvalue weighted by atomic mass is 16.1. The van der Waals surface area contributed by atoms with Gasteiger partial charge in [0.1, 0.15) is 5.69 Å². The van der Waals surface area contributed by atoms with E-state index in [0.29, 0.717) is 5.69 Å². The highest BCUT2D eigenvalue weighted by Gasteiger charge is 2.13. The van der Waals surface area contributed by atoms with Gasteiger partial charge >= 0.3 is 0 Å². The third-order valence-electron chi connectivity index (χ3n) is 3.88. The molecule has 0 radical (unpaired) electrons. The molecule has 24 heavy (non-hydrogen) atoms. The second-order valence-electron chi connectivity index (χ2n) is 5.73. The Bertz CT molecular complexity index is 812. The third-order valence-corrected chi connectivity index (χ3v) is 3.88. The molecule has 4 heteroatoms. The lowest BCUT2D eigenvalue weighted by Crippen LogP contribution is -2.27. The Kier molecular flexibility index (Phi) is 4.66. The Morgan fingerprint density at radius 1 is 0.917 bits per heavy atom. The van der Waals surface area contributed by atoms with Crippen molar-refractivity contribution in [2.75, 3.05) is 0 Å². The minimum atomic E-state index is -0.220. The van der Waals surface area contributed by atoms with Crippen LogP contribution < -0.4 is 5.32 Å². The van der Waals surface area contributed by atoms with Crippen molar-refractivity contribution in [2.45, 2.75) is 19.9 Å². The fourth-order valence-electron chi connectivity index (χ4n) is 2.46. The van der Waals surface area contributed by atoms with Gasteiger partial charge < -0.3 is 5.32 Å². The number of nitrogens with zero attached hydrogens (tertiary/aromatic N) is 2. The van der Waals surface area contributed by atoms with Gasteiger partial charge in [-0.3, -0.25) is 9.78 Å². The van der Waals surface area contributed by atoms with Crippen molar-refractivity contribution in [3.05, 3.63) is 83.9 Å². The van der Waals surface area contributed by atoms with Crippen molar-refractivity contribution < 1.29 is 4.79 Å². The van der Waals surface area contributed by atoms with Crippen molar-refractivity contribution in [3.63, 3.8) is 0 Å². The van der Waals surface area contributed by atoms with Crippen LogP contribution in [0.3, 0.4) is 0 Å². The van der Waals surface area contributed by atoms with Crippen molar-refractivity contribution in [1.29, 1.82) is 0 Å². The molecule has 1 heterocycles. The molecule has 3 rings (SSSR count). The maximum Gasteiger partial charge on any atom is 0.271 e. The van der Waals surface area contributed by atoms with Gasteiger partial charge in [-0.2, -0.15) is 0 Å². The number of benzene rings is 2. The summed E-state index contributed by atoms with van der Waals surface area (Å²) in [5, 5.41) is 2.95. The summed E-state index contributed by atoms with van der Waals surface area (Å²) < 4.78 is 0. The van der Waals surface area contributed by atoms with Gasteiger partial charge in [-0.05, 0) is 30.5 Å². The van der Waals surface area contributed by atoms with Gasteiger partial charge in [0, 0.05) is 6.20 Å². The maximum absolute atomic E-state index is 12.2. The zero-order valence-corrected chi connectivity index (χ0v) is 13.7. The van der Waals surface area contributed by atoms with Crippen LogP contribution in [0.25, 0.3) is 11.1 Å². The molecular formula is C20H19N3O. The van der Waals surface area contributed by atoms with Crippen LogP contribution in [0.1, 0.15) is 34.7 Å². The van der Waals surface area contributed by atoms with Crippen LogP contribution in [0.15, 0.2) is 67.0 Å². The van der Waals surface area contributed by atoms with Gasteiger partial charge in [0.2, 0.25) is 0 Å². The second kappa shape index (κ2) is 7.04. The molecule has 0 aliphatic rings. The van der Waals surface area contributed by atoms with Crippen molar-refractivity contribution in [1.82, 2.24) is 15.3 Å². The normalized spacial score (nSPS) is 11.8. The monoisotopic (exact) mass is 317 g/mol. The number of hydrogen-bond acceptors (Lipinski definition) is 3. The Morgan fingerprint density at radius 3 is 2.21 bits per heavy atom. The number of aryl methyl sites for hydroxylation is 1. The molecule has 0 saturated heterocycles. The molecular weight excluding hydrogens is 298 g/mol. The van der Waals surface area contributed by atoms with E-state index >= 15 is 0 Å². The van der Waals surface area contributed by atoms with E-state index in [-0.39, 0.29) is 11.9 Å². The quantitative estimate of drug-likeness (QED) is 0.793. The Hall–Kier alpha value is -3.01. The van der Waals surface area contributed by atoms with Crippen molar-refractivity contribution in [3.8, 4) is 11.1 Å². The van der Waals surface area contributed by atoms with E-state index in [0.717, 1.165) is 16.8 Å². The fraction of sp³-hybridized carbons (Fsp3) is 0.150. The molecule has 120 valence electrons. The molecule has 1 amide bonds. The van der Waals surface area contributed by atoms with Gasteiger partial charge in [-0.15, -0.1) is 0 Å². The van der Waals surface area contributed by atoms with Crippen LogP contribution in [-0.2, 0) is 0 Å². The SMILES string of the molecule is Cc1cnc(C(=O)N[C@H](C)c2ccc(-c3ccccc3)cc2)cn1. The maximum atomic E-state index is 12.2. The molecule has 0 fully saturated rings. The Balaban J connectivity index is 1.70. The first-order valence-corrected chi connectivity index (χ1v) is 7.88. The van der Waals surface area contributed by atoms with Gasteiger partial charge in [0.25, 0.3) is 5.91 Å². The average Bonchev–Trinajstić information content (AvgIpc) is 2.63. The summed E-state index contributed by atoms with van der Waals surface area (Å²) in [6.07, 6.45) is 3.09. The van der Waals surface area contributed by atoms with E-state index in [2.05, 4.69) is 39.6 Å². The third kappa shape index (κ3) is 3.66. The predicted octanol–water partition coefficient (Wildman–Crippen LogP) is 3.94. The summed E-state index contributed by atoms with van der Waals surface area (Å²) in [6, 6.07) is 18.3. The molecule has 0 aliphatic carbocycles. The smallest absolute Gasteiger partial charge is 0.271 e. The number of carbonyl (C=O) groups is 1. The van der Waals surface area contributed by atoms with Crippen LogP contribution in [-0.4, -0.2) is 15.9 Å². The largest absolute Gasteiger partial charge is 0.344 e. The van der Waals surface area contributed by atoms with E-state index in [1.807, 2.05) is 44.2 Å². The van der Waals surface area contributed by atoms with E-state index in [9.17, 15) is 4.79 Å². The summed E-state index contributed by atoms with van der Waals surface area (Å²) >= 11 is 0. The molecule has 1 N–H and O–H groups in total. The lowest BCUT2D eigenvalue weighted by atomic mass is 10.0. The van der Waals surface area contributed by atoms with Crippen molar-refractivity contribution in [2.24, 2.45) is 0 Å². The van der Waals surface area contributed by atoms with Crippen LogP contribution >= 0.6 is 0 Å². The first-order valence-electron chi connectivity index (χ1n) is 7.88. The Labute approximate surface area is 141 Å². The van der Waals surface area contributed by atoms with E-state index in [1.165, 1.54) is 11.8 Å². The number of rotatable bonds is 4. The fourth-order valence-corrected chi connectivity index (χ4v) is 2.46. The molecule has 0 saturated carbocycles. The number of hydrogen-bond donors (Lipinski definition) is 1. The molecule has 3 aromatic rings. The zero-order chi connectivity index (χ0) is 16.9. The Morgan fingerprint density at radius 2 is 1.58 bits per heavy atom. The minimum absolute atomic E-state index is 0.106. The molecule has 0 bridgehead atoms. The summed E-state index contributed by atoms with van der Waals surface area (Å²) in [6.45, 7) is 3.79. The average molecular weight is 317 g/mol. The predicted molar refractivity (Wildman–Crippen MR) is 94.5 cm³/mol. The van der Waals surface area contributed by atoms with Gasteiger partial charge in [0.05, 0.1) is 17.9 Å². The topological polar surface area (TPSA) is 54.9 Å². The molecule has 1 aromatic heterocycles. The number of nitrogens with one attached hydrogen (secondary N) is 1. The van der Waals surface area contributed by atoms with E-state index in [1.54, 1.807) is 6.20 Å². The first kappa shape index (κ1) is 15.9. The minimum Gasteiger partial charge on any atom is -0.344 e. The highest BCUT2D eigenvalue weighted by Crippen LogP contribution is 2.21. The lowest BCUT2D eigenvalue weighted by molar-refractivity contribution is 0.0934. The zero-order valence-electron chi connectivity index (χ0n) is 13.7. The number of amides is 1. The van der Waals surface area contributed by atoms with E-state index in [4.69, 9.17) is 0 Å². The molecule has 0 aliphatic heterocycles. The van der Waals surface area contributed by atoms with Crippen LogP contribution in [0.4, 0.5) is 0 Å². The van der Waals surface area contributed by atoms with Gasteiger partial charge in [-0.1, -0.05) is 54.6 Å². The highest BCUT2D eigenvalue weighted by molar-refractivity contribution is 5.92. The van der Waals surface area contributed by atoms with Crippen LogP contribution in [0.2, 0.25) is 0 Å². The lowest BCUT2D eigenvalue weighted by Gasteiger charge is -2.14. The summed E-state index contributed by atoms with van der Waals surface area (Å²) in [7, 11) is 0. The summed E-state index contributed by atoms with van der Waals surface area (Å²) in [5.41, 5.74) is 4.49. The van der Waals surface area contributed by atoms with Crippen LogP contribution in [0, 0.1) is 6.92 Å². The van der Waals surface area contributed by atoms with Crippen molar-refractivity contribution >= 4 is 5.91 Å². The number of aromatic nitrogens is 2. The van der Waals surface area contributed by atoms with Gasteiger partial charge in [-0.25, -0.2) is 4.98 Å². The summed E-state index contributed by atoms with van der Waals surface area (Å²) in [4.78, 5) is 20.4. The van der Waals surface area contributed by atoms with Crippen LogP contribution in [0.5, 0.6) is 0 Å². The molecule has 0 spiro atoms. The second-order valence-corrected chi connectivity index (χ2v) is 5.73. The van der Waals surface area contributed by atoms with E-state index < -0.39 is 0 Å². The first-order chi connectivity index (χ1) is 11.6. The van der Waals surface area contributed by atoms with Gasteiger partial charge in [0.15, 0.2) is 0 Å². The standard InChI is InChI=1S/C20H19N3O/c1-14-12-22-19(13-21-14)20(24)23-15(2)16-8-10-18(11-9-16)17-6-4-3-5-7-17/h3-13,15H,1-2H3,(H,23,24)/t15-/m1/s1. The molecule has 1 atom stereocenters. The molecule has 4 nitrogen and oxygen atoms in total. The number of carbonyl (C=O) groups excluding carboxylic acids is 1. The summed E-state index contributed by atoms with van der Waals surface area (Å²) in [5.74, 6) is -0.220.